The quantitative estimate of drug-likeness (QED) is 0.630. The van der Waals surface area contributed by atoms with Crippen molar-refractivity contribution < 1.29 is 4.74 Å². The van der Waals surface area contributed by atoms with E-state index in [0.29, 0.717) is 0 Å². The monoisotopic (exact) mass is 159 g/mol. The van der Waals surface area contributed by atoms with Crippen molar-refractivity contribution in [3.63, 3.8) is 0 Å². The Morgan fingerprint density at radius 3 is 2.27 bits per heavy atom. The first-order valence-corrected chi connectivity index (χ1v) is 4.53. The van der Waals surface area contributed by atoms with E-state index in [-0.39, 0.29) is 5.54 Å². The van der Waals surface area contributed by atoms with Gasteiger partial charge in [-0.05, 0) is 26.8 Å². The molecule has 1 rings (SSSR count). The van der Waals surface area contributed by atoms with E-state index in [9.17, 15) is 0 Å². The highest BCUT2D eigenvalue weighted by Gasteiger charge is 2.24. The Balaban J connectivity index is 0.000000461. The van der Waals surface area contributed by atoms with Gasteiger partial charge >= 0.3 is 0 Å². The standard InChI is InChI=1S/C7H15NO.C2H6/c1-7(8-2)4-3-5-9-6-7;1-2/h8H,3-6H2,1-2H3;1-2H3. The molecule has 2 nitrogen and oxygen atoms in total. The molecule has 1 saturated heterocycles. The molecule has 0 radical (unpaired) electrons. The smallest absolute Gasteiger partial charge is 0.0645 e. The van der Waals surface area contributed by atoms with Crippen LogP contribution in [0.1, 0.15) is 33.6 Å². The van der Waals surface area contributed by atoms with Gasteiger partial charge in [-0.15, -0.1) is 0 Å². The number of likely N-dealkylation sites (N-methyl/N-ethyl adjacent to an activating group) is 1. The molecule has 0 aromatic rings. The minimum atomic E-state index is 0.248. The van der Waals surface area contributed by atoms with E-state index >= 15 is 0 Å². The molecule has 0 saturated carbocycles. The van der Waals surface area contributed by atoms with E-state index in [0.717, 1.165) is 13.2 Å². The lowest BCUT2D eigenvalue weighted by atomic mass is 9.95. The van der Waals surface area contributed by atoms with E-state index in [1.54, 1.807) is 0 Å². The van der Waals surface area contributed by atoms with Crippen molar-refractivity contribution in [3.05, 3.63) is 0 Å². The third kappa shape index (κ3) is 3.73. The van der Waals surface area contributed by atoms with E-state index < -0.39 is 0 Å². The molecule has 0 bridgehead atoms. The first-order chi connectivity index (χ1) is 5.27. The van der Waals surface area contributed by atoms with Crippen molar-refractivity contribution in [1.82, 2.24) is 5.32 Å². The molecule has 1 fully saturated rings. The summed E-state index contributed by atoms with van der Waals surface area (Å²) in [5.41, 5.74) is 0.248. The molecule has 1 unspecified atom stereocenters. The predicted octanol–water partition coefficient (Wildman–Crippen LogP) is 1.80. The van der Waals surface area contributed by atoms with Crippen LogP contribution in [-0.2, 0) is 4.74 Å². The largest absolute Gasteiger partial charge is 0.380 e. The molecule has 2 heteroatoms. The molecule has 0 spiro atoms. The highest BCUT2D eigenvalue weighted by molar-refractivity contribution is 4.83. The molecule has 0 amide bonds. The zero-order valence-corrected chi connectivity index (χ0v) is 8.24. The average molecular weight is 159 g/mol. The van der Waals surface area contributed by atoms with Gasteiger partial charge in [-0.1, -0.05) is 13.8 Å². The van der Waals surface area contributed by atoms with Crippen molar-refractivity contribution >= 4 is 0 Å². The molecule has 0 aliphatic carbocycles. The SMILES string of the molecule is CC.CNC1(C)CCCOC1. The lowest BCUT2D eigenvalue weighted by Gasteiger charge is -2.32. The average Bonchev–Trinajstić information content (AvgIpc) is 2.10. The van der Waals surface area contributed by atoms with Gasteiger partial charge in [-0.25, -0.2) is 0 Å². The van der Waals surface area contributed by atoms with Gasteiger partial charge in [0.1, 0.15) is 0 Å². The van der Waals surface area contributed by atoms with Crippen LogP contribution in [0.25, 0.3) is 0 Å². The van der Waals surface area contributed by atoms with Crippen molar-refractivity contribution in [1.29, 1.82) is 0 Å². The topological polar surface area (TPSA) is 21.3 Å². The van der Waals surface area contributed by atoms with Crippen LogP contribution in [0.5, 0.6) is 0 Å². The maximum absolute atomic E-state index is 5.31. The molecule has 11 heavy (non-hydrogen) atoms. The van der Waals surface area contributed by atoms with Crippen LogP contribution in [-0.4, -0.2) is 25.8 Å². The van der Waals surface area contributed by atoms with Crippen molar-refractivity contribution in [2.45, 2.75) is 39.2 Å². The molecule has 1 heterocycles. The second kappa shape index (κ2) is 5.56. The Bertz CT molecular complexity index is 87.6. The van der Waals surface area contributed by atoms with Crippen molar-refractivity contribution in [2.75, 3.05) is 20.3 Å². The Hall–Kier alpha value is -0.0800. The fraction of sp³-hybridized carbons (Fsp3) is 1.00. The number of nitrogens with one attached hydrogen (secondary N) is 1. The summed E-state index contributed by atoms with van der Waals surface area (Å²) in [6.45, 7) is 8.01. The van der Waals surface area contributed by atoms with E-state index in [2.05, 4.69) is 12.2 Å². The summed E-state index contributed by atoms with van der Waals surface area (Å²) in [5.74, 6) is 0. The molecular weight excluding hydrogens is 138 g/mol. The number of hydrogen-bond acceptors (Lipinski definition) is 2. The first-order valence-electron chi connectivity index (χ1n) is 4.53. The molecule has 1 atom stereocenters. The Morgan fingerprint density at radius 1 is 1.36 bits per heavy atom. The molecule has 0 aromatic heterocycles. The van der Waals surface area contributed by atoms with Gasteiger partial charge in [0.05, 0.1) is 6.61 Å². The van der Waals surface area contributed by atoms with Crippen LogP contribution in [0.15, 0.2) is 0 Å². The summed E-state index contributed by atoms with van der Waals surface area (Å²) in [6.07, 6.45) is 2.43. The first kappa shape index (κ1) is 10.9. The molecule has 1 N–H and O–H groups in total. The van der Waals surface area contributed by atoms with E-state index in [1.807, 2.05) is 20.9 Å². The summed E-state index contributed by atoms with van der Waals surface area (Å²) in [7, 11) is 1.99. The Kier molecular flexibility index (Phi) is 5.51. The molecule has 68 valence electrons. The summed E-state index contributed by atoms with van der Waals surface area (Å²) < 4.78 is 5.31. The van der Waals surface area contributed by atoms with Crippen LogP contribution < -0.4 is 5.32 Å². The number of hydrogen-bond donors (Lipinski definition) is 1. The molecule has 0 aromatic carbocycles. The fourth-order valence-corrected chi connectivity index (χ4v) is 1.13. The summed E-state index contributed by atoms with van der Waals surface area (Å²) >= 11 is 0. The van der Waals surface area contributed by atoms with Gasteiger partial charge in [0.2, 0.25) is 0 Å². The fourth-order valence-electron chi connectivity index (χ4n) is 1.13. The summed E-state index contributed by atoms with van der Waals surface area (Å²) in [4.78, 5) is 0. The van der Waals surface area contributed by atoms with Crippen molar-refractivity contribution in [2.24, 2.45) is 0 Å². The van der Waals surface area contributed by atoms with Crippen LogP contribution in [0.2, 0.25) is 0 Å². The van der Waals surface area contributed by atoms with Crippen LogP contribution in [0.3, 0.4) is 0 Å². The maximum Gasteiger partial charge on any atom is 0.0645 e. The molecule has 1 aliphatic heterocycles. The van der Waals surface area contributed by atoms with Gasteiger partial charge in [-0.2, -0.15) is 0 Å². The summed E-state index contributed by atoms with van der Waals surface area (Å²) in [6, 6.07) is 0. The van der Waals surface area contributed by atoms with Crippen molar-refractivity contribution in [3.8, 4) is 0 Å². The van der Waals surface area contributed by atoms with E-state index in [1.165, 1.54) is 12.8 Å². The zero-order chi connectivity index (χ0) is 8.74. The maximum atomic E-state index is 5.31. The number of ether oxygens (including phenoxy) is 1. The van der Waals surface area contributed by atoms with Gasteiger partial charge < -0.3 is 10.1 Å². The molecular formula is C9H21NO. The lowest BCUT2D eigenvalue weighted by molar-refractivity contribution is 0.0321. The van der Waals surface area contributed by atoms with Crippen LogP contribution in [0.4, 0.5) is 0 Å². The van der Waals surface area contributed by atoms with Crippen LogP contribution in [0, 0.1) is 0 Å². The van der Waals surface area contributed by atoms with Gasteiger partial charge in [0.25, 0.3) is 0 Å². The summed E-state index contributed by atoms with van der Waals surface area (Å²) in [5, 5.41) is 3.26. The normalized spacial score (nSPS) is 30.5. The minimum Gasteiger partial charge on any atom is -0.380 e. The minimum absolute atomic E-state index is 0.248. The highest BCUT2D eigenvalue weighted by atomic mass is 16.5. The second-order valence-electron chi connectivity index (χ2n) is 2.97. The number of rotatable bonds is 1. The third-order valence-electron chi connectivity index (χ3n) is 2.04. The van der Waals surface area contributed by atoms with Gasteiger partial charge in [0.15, 0.2) is 0 Å². The zero-order valence-electron chi connectivity index (χ0n) is 8.24. The van der Waals surface area contributed by atoms with Gasteiger partial charge in [0, 0.05) is 12.1 Å². The highest BCUT2D eigenvalue weighted by Crippen LogP contribution is 2.16. The Morgan fingerprint density at radius 2 is 2.00 bits per heavy atom. The van der Waals surface area contributed by atoms with Crippen LogP contribution >= 0.6 is 0 Å². The predicted molar refractivity (Wildman–Crippen MR) is 48.9 cm³/mol. The third-order valence-corrected chi connectivity index (χ3v) is 2.04. The van der Waals surface area contributed by atoms with E-state index in [4.69, 9.17) is 4.74 Å². The van der Waals surface area contributed by atoms with Gasteiger partial charge in [-0.3, -0.25) is 0 Å². The Labute approximate surface area is 70.3 Å². The lowest BCUT2D eigenvalue weighted by Crippen LogP contribution is -2.46. The molecule has 1 aliphatic rings. The second-order valence-corrected chi connectivity index (χ2v) is 2.97.